The zero-order valence-electron chi connectivity index (χ0n) is 11.4. The fourth-order valence-electron chi connectivity index (χ4n) is 1.69. The van der Waals surface area contributed by atoms with E-state index in [2.05, 4.69) is 10.4 Å². The summed E-state index contributed by atoms with van der Waals surface area (Å²) in [5, 5.41) is 15.3. The van der Waals surface area contributed by atoms with Crippen LogP contribution in [0.2, 0.25) is 0 Å². The van der Waals surface area contributed by atoms with E-state index in [0.29, 0.717) is 11.4 Å². The van der Waals surface area contributed by atoms with Crippen molar-refractivity contribution in [2.24, 2.45) is 0 Å². The van der Waals surface area contributed by atoms with Gasteiger partial charge in [0.15, 0.2) is 6.61 Å². The lowest BCUT2D eigenvalue weighted by atomic mass is 10.2. The third kappa shape index (κ3) is 4.07. The third-order valence-corrected chi connectivity index (χ3v) is 2.77. The molecule has 0 radical (unpaired) electrons. The number of nitrogens with zero attached hydrogens (tertiary/aromatic N) is 2. The first-order valence-corrected chi connectivity index (χ1v) is 6.31. The Balaban J connectivity index is 2.00. The summed E-state index contributed by atoms with van der Waals surface area (Å²) in [6, 6.07) is 7.84. The Morgan fingerprint density at radius 1 is 1.43 bits per heavy atom. The standard InChI is InChI=1S/C14H15N3O4/c1-10(17-7-3-6-15-17)14(20)16-11-4-2-5-12(8-11)21-9-13(18)19/h2-8,10H,9H2,1H3,(H,16,20)(H,18,19). The molecule has 2 rings (SSSR count). The number of carboxylic acids is 1. The zero-order valence-corrected chi connectivity index (χ0v) is 11.4. The molecule has 1 aromatic carbocycles. The van der Waals surface area contributed by atoms with Crippen molar-refractivity contribution in [2.45, 2.75) is 13.0 Å². The fraction of sp³-hybridized carbons (Fsp3) is 0.214. The maximum absolute atomic E-state index is 12.1. The highest BCUT2D eigenvalue weighted by Gasteiger charge is 2.15. The van der Waals surface area contributed by atoms with E-state index in [4.69, 9.17) is 9.84 Å². The monoisotopic (exact) mass is 289 g/mol. The Morgan fingerprint density at radius 3 is 2.90 bits per heavy atom. The van der Waals surface area contributed by atoms with Crippen LogP contribution in [-0.2, 0) is 9.59 Å². The minimum Gasteiger partial charge on any atom is -0.482 e. The van der Waals surface area contributed by atoms with Crippen molar-refractivity contribution in [1.29, 1.82) is 0 Å². The molecule has 0 saturated heterocycles. The quantitative estimate of drug-likeness (QED) is 0.841. The van der Waals surface area contributed by atoms with Gasteiger partial charge in [-0.1, -0.05) is 6.07 Å². The molecule has 2 N–H and O–H groups in total. The lowest BCUT2D eigenvalue weighted by molar-refractivity contribution is -0.139. The summed E-state index contributed by atoms with van der Waals surface area (Å²) in [5.41, 5.74) is 0.530. The SMILES string of the molecule is CC(C(=O)Nc1cccc(OCC(=O)O)c1)n1cccn1. The van der Waals surface area contributed by atoms with Gasteiger partial charge < -0.3 is 15.2 Å². The topological polar surface area (TPSA) is 93.5 Å². The van der Waals surface area contributed by atoms with Crippen LogP contribution in [0.15, 0.2) is 42.7 Å². The van der Waals surface area contributed by atoms with Crippen LogP contribution < -0.4 is 10.1 Å². The number of aromatic nitrogens is 2. The van der Waals surface area contributed by atoms with Crippen molar-refractivity contribution in [3.63, 3.8) is 0 Å². The van der Waals surface area contributed by atoms with Gasteiger partial charge in [-0.25, -0.2) is 4.79 Å². The highest BCUT2D eigenvalue weighted by Crippen LogP contribution is 2.18. The second-order valence-corrected chi connectivity index (χ2v) is 4.36. The van der Waals surface area contributed by atoms with Crippen molar-refractivity contribution in [2.75, 3.05) is 11.9 Å². The van der Waals surface area contributed by atoms with E-state index in [-0.39, 0.29) is 5.91 Å². The average Bonchev–Trinajstić information content (AvgIpc) is 2.98. The van der Waals surface area contributed by atoms with Crippen LogP contribution in [0.3, 0.4) is 0 Å². The normalized spacial score (nSPS) is 11.7. The number of rotatable bonds is 6. The van der Waals surface area contributed by atoms with Crippen molar-refractivity contribution in [1.82, 2.24) is 9.78 Å². The van der Waals surface area contributed by atoms with Gasteiger partial charge in [0.1, 0.15) is 11.8 Å². The molecule has 110 valence electrons. The number of carbonyl (C=O) groups is 2. The molecule has 7 heteroatoms. The van der Waals surface area contributed by atoms with Crippen LogP contribution in [0.25, 0.3) is 0 Å². The molecular formula is C14H15N3O4. The molecule has 21 heavy (non-hydrogen) atoms. The van der Waals surface area contributed by atoms with Crippen molar-refractivity contribution >= 4 is 17.6 Å². The highest BCUT2D eigenvalue weighted by atomic mass is 16.5. The number of aliphatic carboxylic acids is 1. The number of benzene rings is 1. The predicted molar refractivity (Wildman–Crippen MR) is 75.1 cm³/mol. The molecule has 2 aromatic rings. The lowest BCUT2D eigenvalue weighted by Crippen LogP contribution is -2.24. The van der Waals surface area contributed by atoms with Crippen molar-refractivity contribution in [3.8, 4) is 5.75 Å². The largest absolute Gasteiger partial charge is 0.482 e. The summed E-state index contributed by atoms with van der Waals surface area (Å²) in [7, 11) is 0. The Labute approximate surface area is 121 Å². The smallest absolute Gasteiger partial charge is 0.341 e. The Bertz CT molecular complexity index is 625. The molecular weight excluding hydrogens is 274 g/mol. The minimum atomic E-state index is -1.06. The Kier molecular flexibility index (Phi) is 4.55. The number of carboxylic acid groups (broad SMARTS) is 1. The first kappa shape index (κ1) is 14.6. The van der Waals surface area contributed by atoms with Gasteiger partial charge in [0.2, 0.25) is 5.91 Å². The molecule has 0 aliphatic carbocycles. The summed E-state index contributed by atoms with van der Waals surface area (Å²) in [6.07, 6.45) is 3.31. The molecule has 1 amide bonds. The summed E-state index contributed by atoms with van der Waals surface area (Å²) >= 11 is 0. The Hall–Kier alpha value is -2.83. The third-order valence-electron chi connectivity index (χ3n) is 2.77. The first-order valence-electron chi connectivity index (χ1n) is 6.31. The van der Waals surface area contributed by atoms with Crippen LogP contribution in [0.4, 0.5) is 5.69 Å². The summed E-state index contributed by atoms with van der Waals surface area (Å²) in [6.45, 7) is 1.30. The number of amides is 1. The van der Waals surface area contributed by atoms with Crippen molar-refractivity contribution < 1.29 is 19.4 Å². The molecule has 1 heterocycles. The molecule has 0 aliphatic rings. The van der Waals surface area contributed by atoms with E-state index in [0.717, 1.165) is 0 Å². The van der Waals surface area contributed by atoms with Gasteiger partial charge in [-0.05, 0) is 25.1 Å². The molecule has 7 nitrogen and oxygen atoms in total. The first-order chi connectivity index (χ1) is 10.1. The van der Waals surface area contributed by atoms with E-state index in [9.17, 15) is 9.59 Å². The number of hydrogen-bond acceptors (Lipinski definition) is 4. The van der Waals surface area contributed by atoms with Crippen LogP contribution in [0, 0.1) is 0 Å². The van der Waals surface area contributed by atoms with Gasteiger partial charge in [-0.3, -0.25) is 9.48 Å². The highest BCUT2D eigenvalue weighted by molar-refractivity contribution is 5.93. The van der Waals surface area contributed by atoms with Gasteiger partial charge in [0.05, 0.1) is 0 Å². The molecule has 1 aromatic heterocycles. The van der Waals surface area contributed by atoms with Crippen LogP contribution in [-0.4, -0.2) is 33.4 Å². The van der Waals surface area contributed by atoms with Crippen LogP contribution >= 0.6 is 0 Å². The van der Waals surface area contributed by atoms with E-state index >= 15 is 0 Å². The van der Waals surface area contributed by atoms with E-state index in [1.165, 1.54) is 0 Å². The van der Waals surface area contributed by atoms with Crippen molar-refractivity contribution in [3.05, 3.63) is 42.7 Å². The van der Waals surface area contributed by atoms with Gasteiger partial charge in [0, 0.05) is 24.1 Å². The zero-order chi connectivity index (χ0) is 15.2. The molecule has 0 bridgehead atoms. The molecule has 0 fully saturated rings. The second kappa shape index (κ2) is 6.56. The number of anilines is 1. The summed E-state index contributed by atoms with van der Waals surface area (Å²) in [4.78, 5) is 22.5. The molecule has 1 unspecified atom stereocenters. The van der Waals surface area contributed by atoms with Gasteiger partial charge in [-0.2, -0.15) is 5.10 Å². The van der Waals surface area contributed by atoms with E-state index in [1.54, 1.807) is 54.3 Å². The van der Waals surface area contributed by atoms with Gasteiger partial charge in [0.25, 0.3) is 0 Å². The van der Waals surface area contributed by atoms with Crippen LogP contribution in [0.5, 0.6) is 5.75 Å². The molecule has 1 atom stereocenters. The fourth-order valence-corrected chi connectivity index (χ4v) is 1.69. The number of nitrogens with one attached hydrogen (secondary N) is 1. The maximum atomic E-state index is 12.1. The summed E-state index contributed by atoms with van der Waals surface area (Å²) in [5.74, 6) is -0.909. The Morgan fingerprint density at radius 2 is 2.24 bits per heavy atom. The molecule has 0 spiro atoms. The lowest BCUT2D eigenvalue weighted by Gasteiger charge is -2.13. The minimum absolute atomic E-state index is 0.228. The second-order valence-electron chi connectivity index (χ2n) is 4.36. The number of carbonyl (C=O) groups excluding carboxylic acids is 1. The number of hydrogen-bond donors (Lipinski definition) is 2. The van der Waals surface area contributed by atoms with Gasteiger partial charge in [-0.15, -0.1) is 0 Å². The predicted octanol–water partition coefficient (Wildman–Crippen LogP) is 1.55. The molecule has 0 aliphatic heterocycles. The summed E-state index contributed by atoms with van der Waals surface area (Å²) < 4.78 is 6.60. The van der Waals surface area contributed by atoms with E-state index in [1.807, 2.05) is 0 Å². The molecule has 0 saturated carbocycles. The average molecular weight is 289 g/mol. The maximum Gasteiger partial charge on any atom is 0.341 e. The number of ether oxygens (including phenoxy) is 1. The van der Waals surface area contributed by atoms with Gasteiger partial charge >= 0.3 is 5.97 Å². The van der Waals surface area contributed by atoms with Crippen LogP contribution in [0.1, 0.15) is 13.0 Å². The van der Waals surface area contributed by atoms with E-state index < -0.39 is 18.6 Å².